The Morgan fingerprint density at radius 3 is 2.20 bits per heavy atom. The largest absolute Gasteiger partial charge is 0.481 e. The molecule has 0 aliphatic rings. The van der Waals surface area contributed by atoms with Gasteiger partial charge < -0.3 is 15.7 Å². The maximum absolute atomic E-state index is 12.0. The van der Waals surface area contributed by atoms with Crippen molar-refractivity contribution in [3.63, 3.8) is 0 Å². The molecule has 0 aromatic heterocycles. The summed E-state index contributed by atoms with van der Waals surface area (Å²) in [5, 5.41) is 14.0. The van der Waals surface area contributed by atoms with Crippen LogP contribution in [0.2, 0.25) is 0 Å². The average molecular weight is 348 g/mol. The van der Waals surface area contributed by atoms with Crippen molar-refractivity contribution in [2.45, 2.75) is 58.3 Å². The summed E-state index contributed by atoms with van der Waals surface area (Å²) in [4.78, 5) is 34.0. The van der Waals surface area contributed by atoms with Crippen LogP contribution in [0.1, 0.15) is 68.6 Å². The number of benzene rings is 1. The van der Waals surface area contributed by atoms with Crippen LogP contribution in [0.15, 0.2) is 24.3 Å². The molecule has 0 spiro atoms. The zero-order valence-corrected chi connectivity index (χ0v) is 14.8. The first-order valence-corrected chi connectivity index (χ1v) is 8.93. The molecule has 0 atom stereocenters. The summed E-state index contributed by atoms with van der Waals surface area (Å²) >= 11 is 0. The highest BCUT2D eigenvalue weighted by atomic mass is 16.4. The maximum atomic E-state index is 12.0. The Labute approximate surface area is 149 Å². The van der Waals surface area contributed by atoms with Gasteiger partial charge in [-0.15, -0.1) is 0 Å². The molecule has 0 saturated carbocycles. The van der Waals surface area contributed by atoms with Crippen LogP contribution in [0.3, 0.4) is 0 Å². The van der Waals surface area contributed by atoms with E-state index in [0.717, 1.165) is 12.8 Å². The Bertz CT molecular complexity index is 555. The van der Waals surface area contributed by atoms with Crippen molar-refractivity contribution in [1.29, 1.82) is 0 Å². The van der Waals surface area contributed by atoms with Gasteiger partial charge in [0, 0.05) is 24.2 Å². The monoisotopic (exact) mass is 348 g/mol. The van der Waals surface area contributed by atoms with E-state index >= 15 is 0 Å². The van der Waals surface area contributed by atoms with Gasteiger partial charge in [-0.3, -0.25) is 14.4 Å². The van der Waals surface area contributed by atoms with Crippen LogP contribution < -0.4 is 10.6 Å². The van der Waals surface area contributed by atoms with E-state index in [4.69, 9.17) is 5.11 Å². The van der Waals surface area contributed by atoms with Crippen molar-refractivity contribution in [2.75, 3.05) is 11.9 Å². The number of hydrogen-bond acceptors (Lipinski definition) is 3. The zero-order chi connectivity index (χ0) is 18.5. The fourth-order valence-electron chi connectivity index (χ4n) is 2.36. The van der Waals surface area contributed by atoms with Crippen molar-refractivity contribution in [1.82, 2.24) is 5.32 Å². The summed E-state index contributed by atoms with van der Waals surface area (Å²) in [5.74, 6) is -1.49. The van der Waals surface area contributed by atoms with Gasteiger partial charge in [0.15, 0.2) is 0 Å². The Balaban J connectivity index is 2.29. The number of rotatable bonds is 12. The van der Waals surface area contributed by atoms with E-state index in [-0.39, 0.29) is 24.7 Å². The maximum Gasteiger partial charge on any atom is 0.303 e. The van der Waals surface area contributed by atoms with Crippen molar-refractivity contribution in [3.8, 4) is 0 Å². The summed E-state index contributed by atoms with van der Waals surface area (Å²) in [6.07, 6.45) is 6.79. The summed E-state index contributed by atoms with van der Waals surface area (Å²) in [7, 11) is 0. The number of anilines is 1. The van der Waals surface area contributed by atoms with E-state index in [1.807, 2.05) is 0 Å². The molecule has 6 nitrogen and oxygen atoms in total. The molecule has 2 amide bonds. The Morgan fingerprint density at radius 1 is 0.920 bits per heavy atom. The van der Waals surface area contributed by atoms with Gasteiger partial charge in [-0.05, 0) is 30.7 Å². The fraction of sp³-hybridized carbons (Fsp3) is 0.526. The smallest absolute Gasteiger partial charge is 0.303 e. The lowest BCUT2D eigenvalue weighted by molar-refractivity contribution is -0.138. The molecule has 0 unspecified atom stereocenters. The van der Waals surface area contributed by atoms with Gasteiger partial charge in [0.25, 0.3) is 5.91 Å². The standard InChI is InChI=1S/C19H28N2O4/c1-2-3-4-5-6-7-14-20-19(25)15-8-10-16(11-9-15)21-17(22)12-13-18(23)24/h8-11H,2-7,12-14H2,1H3,(H,20,25)(H,21,22)(H,23,24). The van der Waals surface area contributed by atoms with Crippen LogP contribution in [0, 0.1) is 0 Å². The van der Waals surface area contributed by atoms with Crippen molar-refractivity contribution in [3.05, 3.63) is 29.8 Å². The lowest BCUT2D eigenvalue weighted by Crippen LogP contribution is -2.24. The molecule has 1 rings (SSSR count). The highest BCUT2D eigenvalue weighted by Crippen LogP contribution is 2.10. The number of unbranched alkanes of at least 4 members (excludes halogenated alkanes) is 5. The van der Waals surface area contributed by atoms with Gasteiger partial charge in [0.2, 0.25) is 5.91 Å². The van der Waals surface area contributed by atoms with E-state index in [1.165, 1.54) is 25.7 Å². The van der Waals surface area contributed by atoms with Gasteiger partial charge in [0.1, 0.15) is 0 Å². The van der Waals surface area contributed by atoms with Gasteiger partial charge in [-0.2, -0.15) is 0 Å². The van der Waals surface area contributed by atoms with Gasteiger partial charge in [-0.1, -0.05) is 39.0 Å². The third kappa shape index (κ3) is 9.49. The van der Waals surface area contributed by atoms with Crippen LogP contribution in [-0.2, 0) is 9.59 Å². The second-order valence-corrected chi connectivity index (χ2v) is 6.04. The van der Waals surface area contributed by atoms with Gasteiger partial charge in [0.05, 0.1) is 6.42 Å². The van der Waals surface area contributed by atoms with Crippen molar-refractivity contribution >= 4 is 23.5 Å². The molecule has 1 aromatic rings. The molecule has 0 heterocycles. The molecule has 0 saturated heterocycles. The molecule has 1 aromatic carbocycles. The first kappa shape index (κ1) is 20.7. The van der Waals surface area contributed by atoms with E-state index < -0.39 is 5.97 Å². The zero-order valence-electron chi connectivity index (χ0n) is 14.8. The minimum atomic E-state index is -1.01. The quantitative estimate of drug-likeness (QED) is 0.503. The number of nitrogens with one attached hydrogen (secondary N) is 2. The Kier molecular flexibility index (Phi) is 9.97. The molecule has 0 radical (unpaired) electrons. The molecule has 0 aliphatic heterocycles. The van der Waals surface area contributed by atoms with E-state index in [0.29, 0.717) is 17.8 Å². The number of carbonyl (C=O) groups is 3. The average Bonchev–Trinajstić information content (AvgIpc) is 2.59. The normalized spacial score (nSPS) is 10.3. The molecular weight excluding hydrogens is 320 g/mol. The third-order valence-electron chi connectivity index (χ3n) is 3.81. The van der Waals surface area contributed by atoms with E-state index in [2.05, 4.69) is 17.6 Å². The molecule has 3 N–H and O–H groups in total. The first-order valence-electron chi connectivity index (χ1n) is 8.93. The van der Waals surface area contributed by atoms with Crippen molar-refractivity contribution < 1.29 is 19.5 Å². The summed E-state index contributed by atoms with van der Waals surface area (Å²) < 4.78 is 0. The number of aliphatic carboxylic acids is 1. The van der Waals surface area contributed by atoms with Gasteiger partial charge >= 0.3 is 5.97 Å². The molecule has 138 valence electrons. The van der Waals surface area contributed by atoms with Crippen LogP contribution in [0.5, 0.6) is 0 Å². The highest BCUT2D eigenvalue weighted by molar-refractivity contribution is 5.96. The molecule has 6 heteroatoms. The van der Waals surface area contributed by atoms with Gasteiger partial charge in [-0.25, -0.2) is 0 Å². The second kappa shape index (κ2) is 12.1. The lowest BCUT2D eigenvalue weighted by Gasteiger charge is -2.07. The second-order valence-electron chi connectivity index (χ2n) is 6.04. The fourth-order valence-corrected chi connectivity index (χ4v) is 2.36. The minimum absolute atomic E-state index is 0.0736. The number of carboxylic acids is 1. The number of amides is 2. The van der Waals surface area contributed by atoms with Crippen LogP contribution >= 0.6 is 0 Å². The number of carbonyl (C=O) groups excluding carboxylic acids is 2. The van der Waals surface area contributed by atoms with Crippen LogP contribution in [-0.4, -0.2) is 29.4 Å². The van der Waals surface area contributed by atoms with Crippen LogP contribution in [0.4, 0.5) is 5.69 Å². The molecule has 25 heavy (non-hydrogen) atoms. The minimum Gasteiger partial charge on any atom is -0.481 e. The highest BCUT2D eigenvalue weighted by Gasteiger charge is 2.08. The molecular formula is C19H28N2O4. The van der Waals surface area contributed by atoms with E-state index in [1.54, 1.807) is 24.3 Å². The number of hydrogen-bond donors (Lipinski definition) is 3. The predicted octanol–water partition coefficient (Wildman–Crippen LogP) is 3.58. The van der Waals surface area contributed by atoms with Crippen LogP contribution in [0.25, 0.3) is 0 Å². The Morgan fingerprint density at radius 2 is 1.56 bits per heavy atom. The van der Waals surface area contributed by atoms with E-state index in [9.17, 15) is 14.4 Å². The van der Waals surface area contributed by atoms with Crippen molar-refractivity contribution in [2.24, 2.45) is 0 Å². The first-order chi connectivity index (χ1) is 12.0. The SMILES string of the molecule is CCCCCCCCNC(=O)c1ccc(NC(=O)CCC(=O)O)cc1. The number of carboxylic acid groups (broad SMARTS) is 1. The molecule has 0 fully saturated rings. The predicted molar refractivity (Wildman–Crippen MR) is 97.7 cm³/mol. The Hall–Kier alpha value is -2.37. The topological polar surface area (TPSA) is 95.5 Å². The summed E-state index contributed by atoms with van der Waals surface area (Å²) in [6, 6.07) is 6.56. The molecule has 0 aliphatic carbocycles. The lowest BCUT2D eigenvalue weighted by atomic mass is 10.1. The summed E-state index contributed by atoms with van der Waals surface area (Å²) in [5.41, 5.74) is 1.08. The summed E-state index contributed by atoms with van der Waals surface area (Å²) in [6.45, 7) is 2.85. The third-order valence-corrected chi connectivity index (χ3v) is 3.81. The molecule has 0 bridgehead atoms.